The van der Waals surface area contributed by atoms with Gasteiger partial charge in [-0.2, -0.15) is 0 Å². The lowest BCUT2D eigenvalue weighted by atomic mass is 10.1. The van der Waals surface area contributed by atoms with E-state index < -0.39 is 5.79 Å². The van der Waals surface area contributed by atoms with Crippen LogP contribution in [-0.4, -0.2) is 24.4 Å². The molecule has 1 heterocycles. The molecule has 2 nitrogen and oxygen atoms in total. The summed E-state index contributed by atoms with van der Waals surface area (Å²) in [5.74, 6) is 0.330. The first-order valence-corrected chi connectivity index (χ1v) is 5.05. The quantitative estimate of drug-likeness (QED) is 0.640. The molecule has 0 aromatic rings. The van der Waals surface area contributed by atoms with Crippen LogP contribution in [0.3, 0.4) is 0 Å². The van der Waals surface area contributed by atoms with Gasteiger partial charge in [-0.1, -0.05) is 0 Å². The summed E-state index contributed by atoms with van der Waals surface area (Å²) in [7, 11) is 0. The van der Waals surface area contributed by atoms with Gasteiger partial charge >= 0.3 is 0 Å². The Labute approximate surface area is 79.2 Å². The second kappa shape index (κ2) is 4.45. The highest BCUT2D eigenvalue weighted by atomic mass is 35.5. The van der Waals surface area contributed by atoms with Gasteiger partial charge < -0.3 is 9.47 Å². The average Bonchev–Trinajstić information content (AvgIpc) is 1.99. The summed E-state index contributed by atoms with van der Waals surface area (Å²) in [5, 5.41) is 0. The van der Waals surface area contributed by atoms with Crippen LogP contribution in [0.5, 0.6) is 0 Å². The predicted octanol–water partition coefficient (Wildman–Crippen LogP) is 2.55. The van der Waals surface area contributed by atoms with E-state index in [1.54, 1.807) is 0 Å². The standard InChI is InChI=1S/C9H17ClO2/c1-9(2)11-7-5-8(12-9)4-3-6-10/h8H,3-7H2,1-2H3/t8-/m0/s1. The lowest BCUT2D eigenvalue weighted by Gasteiger charge is -2.36. The van der Waals surface area contributed by atoms with Gasteiger partial charge in [0.15, 0.2) is 5.79 Å². The van der Waals surface area contributed by atoms with Crippen LogP contribution in [0.2, 0.25) is 0 Å². The minimum absolute atomic E-state index is 0.340. The fourth-order valence-electron chi connectivity index (χ4n) is 1.44. The molecule has 72 valence electrons. The topological polar surface area (TPSA) is 18.5 Å². The first-order chi connectivity index (χ1) is 5.64. The van der Waals surface area contributed by atoms with Gasteiger partial charge in [-0.05, 0) is 33.1 Å². The molecule has 1 rings (SSSR count). The van der Waals surface area contributed by atoms with Crippen molar-refractivity contribution in [2.75, 3.05) is 12.5 Å². The number of alkyl halides is 1. The lowest BCUT2D eigenvalue weighted by Crippen LogP contribution is -2.39. The average molecular weight is 193 g/mol. The molecule has 0 radical (unpaired) electrons. The van der Waals surface area contributed by atoms with E-state index in [0.29, 0.717) is 6.10 Å². The van der Waals surface area contributed by atoms with Crippen LogP contribution in [0.4, 0.5) is 0 Å². The summed E-state index contributed by atoms with van der Waals surface area (Å²) < 4.78 is 11.1. The Morgan fingerprint density at radius 2 is 2.25 bits per heavy atom. The van der Waals surface area contributed by atoms with Gasteiger partial charge in [-0.25, -0.2) is 0 Å². The molecular formula is C9H17ClO2. The number of ether oxygens (including phenoxy) is 2. The maximum absolute atomic E-state index is 5.69. The molecule has 0 N–H and O–H groups in total. The Bertz CT molecular complexity index is 136. The highest BCUT2D eigenvalue weighted by Crippen LogP contribution is 2.24. The number of halogens is 1. The van der Waals surface area contributed by atoms with Crippen molar-refractivity contribution < 1.29 is 9.47 Å². The first-order valence-electron chi connectivity index (χ1n) is 4.52. The van der Waals surface area contributed by atoms with Crippen molar-refractivity contribution >= 4 is 11.6 Å². The van der Waals surface area contributed by atoms with E-state index >= 15 is 0 Å². The molecule has 1 atom stereocenters. The zero-order valence-corrected chi connectivity index (χ0v) is 8.56. The highest BCUT2D eigenvalue weighted by molar-refractivity contribution is 6.17. The van der Waals surface area contributed by atoms with Crippen molar-refractivity contribution in [3.05, 3.63) is 0 Å². The zero-order valence-electron chi connectivity index (χ0n) is 7.81. The van der Waals surface area contributed by atoms with Crippen LogP contribution in [0, 0.1) is 0 Å². The Balaban J connectivity index is 2.26. The molecule has 0 spiro atoms. The summed E-state index contributed by atoms with van der Waals surface area (Å²) in [6, 6.07) is 0. The largest absolute Gasteiger partial charge is 0.350 e. The van der Waals surface area contributed by atoms with Crippen LogP contribution >= 0.6 is 11.6 Å². The second-order valence-electron chi connectivity index (χ2n) is 3.61. The normalized spacial score (nSPS) is 28.8. The van der Waals surface area contributed by atoms with Crippen molar-refractivity contribution in [3.8, 4) is 0 Å². The van der Waals surface area contributed by atoms with Gasteiger partial charge in [0.25, 0.3) is 0 Å². The van der Waals surface area contributed by atoms with Crippen LogP contribution in [0.15, 0.2) is 0 Å². The SMILES string of the molecule is CC1(C)OCC[C@H](CCCCl)O1. The third kappa shape index (κ3) is 3.30. The first kappa shape index (κ1) is 10.3. The van der Waals surface area contributed by atoms with Gasteiger partial charge in [0.05, 0.1) is 12.7 Å². The maximum Gasteiger partial charge on any atom is 0.163 e. The molecule has 0 aromatic carbocycles. The molecule has 0 amide bonds. The maximum atomic E-state index is 5.69. The van der Waals surface area contributed by atoms with Gasteiger partial charge in [0.1, 0.15) is 0 Å². The van der Waals surface area contributed by atoms with Crippen LogP contribution < -0.4 is 0 Å². The summed E-state index contributed by atoms with van der Waals surface area (Å²) in [6.45, 7) is 4.72. The highest BCUT2D eigenvalue weighted by Gasteiger charge is 2.28. The number of hydrogen-bond acceptors (Lipinski definition) is 2. The molecule has 1 aliphatic rings. The number of hydrogen-bond donors (Lipinski definition) is 0. The molecular weight excluding hydrogens is 176 g/mol. The van der Waals surface area contributed by atoms with Gasteiger partial charge in [-0.3, -0.25) is 0 Å². The molecule has 3 heteroatoms. The zero-order chi connectivity index (χ0) is 9.03. The van der Waals surface area contributed by atoms with E-state index in [2.05, 4.69) is 0 Å². The van der Waals surface area contributed by atoms with E-state index in [4.69, 9.17) is 21.1 Å². The van der Waals surface area contributed by atoms with E-state index in [0.717, 1.165) is 31.7 Å². The molecule has 12 heavy (non-hydrogen) atoms. The predicted molar refractivity (Wildman–Crippen MR) is 49.5 cm³/mol. The van der Waals surface area contributed by atoms with Gasteiger partial charge in [-0.15, -0.1) is 11.6 Å². The molecule has 1 saturated heterocycles. The fourth-order valence-corrected chi connectivity index (χ4v) is 1.59. The molecule has 0 aliphatic carbocycles. The van der Waals surface area contributed by atoms with Crippen LogP contribution in [-0.2, 0) is 9.47 Å². The molecule has 0 aromatic heterocycles. The Kier molecular flexibility index (Phi) is 3.81. The Morgan fingerprint density at radius 1 is 1.50 bits per heavy atom. The van der Waals surface area contributed by atoms with Crippen molar-refractivity contribution in [2.45, 2.75) is 45.0 Å². The fraction of sp³-hybridized carbons (Fsp3) is 1.00. The van der Waals surface area contributed by atoms with Crippen molar-refractivity contribution in [1.29, 1.82) is 0 Å². The number of rotatable bonds is 3. The van der Waals surface area contributed by atoms with Crippen molar-refractivity contribution in [3.63, 3.8) is 0 Å². The van der Waals surface area contributed by atoms with Crippen LogP contribution in [0.25, 0.3) is 0 Å². The molecule has 1 aliphatic heterocycles. The lowest BCUT2D eigenvalue weighted by molar-refractivity contribution is -0.273. The Hall–Kier alpha value is 0.210. The van der Waals surface area contributed by atoms with Crippen molar-refractivity contribution in [2.24, 2.45) is 0 Å². The minimum Gasteiger partial charge on any atom is -0.350 e. The summed E-state index contributed by atoms with van der Waals surface area (Å²) in [4.78, 5) is 0. The molecule has 1 fully saturated rings. The third-order valence-corrected chi connectivity index (χ3v) is 2.27. The monoisotopic (exact) mass is 192 g/mol. The van der Waals surface area contributed by atoms with E-state index in [9.17, 15) is 0 Å². The summed E-state index contributed by atoms with van der Waals surface area (Å²) in [5.41, 5.74) is 0. The van der Waals surface area contributed by atoms with Crippen LogP contribution in [0.1, 0.15) is 33.1 Å². The third-order valence-electron chi connectivity index (χ3n) is 2.00. The smallest absolute Gasteiger partial charge is 0.163 e. The minimum atomic E-state index is -0.394. The summed E-state index contributed by atoms with van der Waals surface area (Å²) >= 11 is 5.61. The second-order valence-corrected chi connectivity index (χ2v) is 3.99. The van der Waals surface area contributed by atoms with E-state index in [1.807, 2.05) is 13.8 Å². The van der Waals surface area contributed by atoms with Gasteiger partial charge in [0, 0.05) is 5.88 Å². The van der Waals surface area contributed by atoms with Crippen molar-refractivity contribution in [1.82, 2.24) is 0 Å². The molecule has 0 unspecified atom stereocenters. The van der Waals surface area contributed by atoms with E-state index in [-0.39, 0.29) is 0 Å². The Morgan fingerprint density at radius 3 is 2.83 bits per heavy atom. The summed E-state index contributed by atoms with van der Waals surface area (Å²) in [6.07, 6.45) is 3.42. The van der Waals surface area contributed by atoms with E-state index in [1.165, 1.54) is 0 Å². The molecule has 0 bridgehead atoms. The molecule has 0 saturated carbocycles. The van der Waals surface area contributed by atoms with Gasteiger partial charge in [0.2, 0.25) is 0 Å².